The lowest BCUT2D eigenvalue weighted by atomic mass is 9.93. The summed E-state index contributed by atoms with van der Waals surface area (Å²) in [5.41, 5.74) is -0.620. The van der Waals surface area contributed by atoms with Gasteiger partial charge in [0.25, 0.3) is 0 Å². The molecule has 0 radical (unpaired) electrons. The van der Waals surface area contributed by atoms with Crippen LogP contribution in [0.15, 0.2) is 12.3 Å². The lowest BCUT2D eigenvalue weighted by Gasteiger charge is -2.28. The maximum atomic E-state index is 11.9. The molecule has 1 aromatic heterocycles. The van der Waals surface area contributed by atoms with Crippen LogP contribution >= 0.6 is 0 Å². The van der Waals surface area contributed by atoms with E-state index in [0.29, 0.717) is 18.7 Å². The summed E-state index contributed by atoms with van der Waals surface area (Å²) in [4.78, 5) is 22.8. The number of urea groups is 1. The fourth-order valence-electron chi connectivity index (χ4n) is 2.56. The van der Waals surface area contributed by atoms with Gasteiger partial charge < -0.3 is 10.4 Å². The molecule has 0 atom stereocenters. The Morgan fingerprint density at radius 1 is 1.47 bits per heavy atom. The number of aromatic nitrogens is 2. The molecule has 0 aromatic carbocycles. The molecule has 1 fully saturated rings. The Morgan fingerprint density at radius 2 is 2.16 bits per heavy atom. The van der Waals surface area contributed by atoms with Gasteiger partial charge in [-0.1, -0.05) is 12.8 Å². The number of aryl methyl sites for hydroxylation is 1. The molecule has 104 valence electrons. The van der Waals surface area contributed by atoms with Gasteiger partial charge >= 0.3 is 12.0 Å². The molecule has 1 heterocycles. The highest BCUT2D eigenvalue weighted by molar-refractivity contribution is 5.89. The number of carboxylic acids is 1. The molecule has 0 unspecified atom stereocenters. The number of aliphatic carboxylic acids is 1. The van der Waals surface area contributed by atoms with Gasteiger partial charge in [-0.05, 0) is 12.8 Å². The quantitative estimate of drug-likeness (QED) is 0.766. The number of hydrogen-bond donors (Lipinski definition) is 3. The van der Waals surface area contributed by atoms with Gasteiger partial charge in [-0.2, -0.15) is 5.10 Å². The molecule has 1 aromatic rings. The summed E-state index contributed by atoms with van der Waals surface area (Å²) < 4.78 is 1.58. The number of amides is 2. The van der Waals surface area contributed by atoms with Gasteiger partial charge in [-0.25, -0.2) is 4.79 Å². The Balaban J connectivity index is 1.97. The van der Waals surface area contributed by atoms with Crippen LogP contribution in [-0.4, -0.2) is 32.4 Å². The molecule has 0 saturated heterocycles. The van der Waals surface area contributed by atoms with E-state index in [9.17, 15) is 9.59 Å². The summed E-state index contributed by atoms with van der Waals surface area (Å²) in [6.07, 6.45) is 4.97. The van der Waals surface area contributed by atoms with Gasteiger partial charge in [0.2, 0.25) is 0 Å². The summed E-state index contributed by atoms with van der Waals surface area (Å²) in [7, 11) is 1.76. The van der Waals surface area contributed by atoms with E-state index in [1.807, 2.05) is 0 Å². The second-order valence-electron chi connectivity index (χ2n) is 5.01. The Morgan fingerprint density at radius 3 is 2.68 bits per heavy atom. The van der Waals surface area contributed by atoms with Gasteiger partial charge in [0.15, 0.2) is 5.82 Å². The number of carbonyl (C=O) groups is 2. The monoisotopic (exact) mass is 266 g/mol. The highest BCUT2D eigenvalue weighted by Gasteiger charge is 2.37. The Labute approximate surface area is 111 Å². The highest BCUT2D eigenvalue weighted by Crippen LogP contribution is 2.32. The Hall–Kier alpha value is -2.05. The molecule has 7 heteroatoms. The van der Waals surface area contributed by atoms with Gasteiger partial charge in [-0.15, -0.1) is 0 Å². The summed E-state index contributed by atoms with van der Waals surface area (Å²) >= 11 is 0. The third-order valence-electron chi connectivity index (χ3n) is 3.38. The fraction of sp³-hybridized carbons (Fsp3) is 0.583. The summed E-state index contributed by atoms with van der Waals surface area (Å²) in [5.74, 6) is -0.441. The Bertz CT molecular complexity index is 477. The van der Waals surface area contributed by atoms with Gasteiger partial charge in [0, 0.05) is 19.3 Å². The van der Waals surface area contributed by atoms with Crippen LogP contribution in [0.25, 0.3) is 0 Å². The molecule has 2 amide bonds. The maximum absolute atomic E-state index is 11.9. The Kier molecular flexibility index (Phi) is 3.73. The first kappa shape index (κ1) is 13.4. The molecule has 1 aliphatic rings. The van der Waals surface area contributed by atoms with Crippen molar-refractivity contribution in [3.63, 3.8) is 0 Å². The molecular formula is C12H18N4O3. The number of nitrogens with one attached hydrogen (secondary N) is 2. The molecular weight excluding hydrogens is 248 g/mol. The number of carboxylic acid groups (broad SMARTS) is 1. The molecule has 0 aliphatic heterocycles. The fourth-order valence-corrected chi connectivity index (χ4v) is 2.56. The highest BCUT2D eigenvalue weighted by atomic mass is 16.4. The minimum Gasteiger partial charge on any atom is -0.481 e. The average Bonchev–Trinajstić information content (AvgIpc) is 2.87. The van der Waals surface area contributed by atoms with Crippen LogP contribution in [0.5, 0.6) is 0 Å². The average molecular weight is 266 g/mol. The number of anilines is 1. The molecule has 3 N–H and O–H groups in total. The van der Waals surface area contributed by atoms with Crippen LogP contribution in [-0.2, 0) is 11.8 Å². The van der Waals surface area contributed by atoms with E-state index in [1.54, 1.807) is 24.0 Å². The predicted octanol–water partition coefficient (Wildman–Crippen LogP) is 1.33. The van der Waals surface area contributed by atoms with Crippen molar-refractivity contribution in [1.82, 2.24) is 15.1 Å². The SMILES string of the molecule is Cn1ccc(NC(=O)NC2(CC(=O)O)CCCC2)n1. The summed E-state index contributed by atoms with van der Waals surface area (Å²) in [6.45, 7) is 0. The standard InChI is InChI=1S/C12H18N4O3/c1-16-7-4-9(15-16)13-11(19)14-12(8-10(17)18)5-2-3-6-12/h4,7H,2-3,5-6,8H2,1H3,(H,17,18)(H2,13,14,15,19). The largest absolute Gasteiger partial charge is 0.481 e. The molecule has 1 saturated carbocycles. The molecule has 0 spiro atoms. The normalized spacial score (nSPS) is 17.1. The predicted molar refractivity (Wildman–Crippen MR) is 68.8 cm³/mol. The van der Waals surface area contributed by atoms with Crippen LogP contribution < -0.4 is 10.6 Å². The van der Waals surface area contributed by atoms with Crippen molar-refractivity contribution < 1.29 is 14.7 Å². The van der Waals surface area contributed by atoms with Crippen LogP contribution in [0.3, 0.4) is 0 Å². The smallest absolute Gasteiger partial charge is 0.320 e. The van der Waals surface area contributed by atoms with Crippen LogP contribution in [0.1, 0.15) is 32.1 Å². The van der Waals surface area contributed by atoms with Crippen molar-refractivity contribution in [2.45, 2.75) is 37.6 Å². The van der Waals surface area contributed by atoms with E-state index in [4.69, 9.17) is 5.11 Å². The second-order valence-corrected chi connectivity index (χ2v) is 5.01. The zero-order chi connectivity index (χ0) is 13.9. The van der Waals surface area contributed by atoms with Crippen molar-refractivity contribution >= 4 is 17.8 Å². The molecule has 19 heavy (non-hydrogen) atoms. The van der Waals surface area contributed by atoms with E-state index in [0.717, 1.165) is 12.8 Å². The van der Waals surface area contributed by atoms with Crippen LogP contribution in [0.4, 0.5) is 10.6 Å². The third kappa shape index (κ3) is 3.46. The maximum Gasteiger partial charge on any atom is 0.320 e. The minimum atomic E-state index is -0.889. The zero-order valence-corrected chi connectivity index (χ0v) is 10.8. The first-order chi connectivity index (χ1) is 8.99. The van der Waals surface area contributed by atoms with E-state index < -0.39 is 17.5 Å². The van der Waals surface area contributed by atoms with Crippen molar-refractivity contribution in [3.05, 3.63) is 12.3 Å². The van der Waals surface area contributed by atoms with Crippen LogP contribution in [0.2, 0.25) is 0 Å². The lowest BCUT2D eigenvalue weighted by Crippen LogP contribution is -2.49. The summed E-state index contributed by atoms with van der Waals surface area (Å²) in [6, 6.07) is 1.28. The van der Waals surface area contributed by atoms with E-state index >= 15 is 0 Å². The first-order valence-electron chi connectivity index (χ1n) is 6.30. The molecule has 0 bridgehead atoms. The van der Waals surface area contributed by atoms with Crippen molar-refractivity contribution in [2.75, 3.05) is 5.32 Å². The third-order valence-corrected chi connectivity index (χ3v) is 3.38. The first-order valence-corrected chi connectivity index (χ1v) is 6.30. The van der Waals surface area contributed by atoms with Crippen molar-refractivity contribution in [2.24, 2.45) is 7.05 Å². The number of carbonyl (C=O) groups excluding carboxylic acids is 1. The van der Waals surface area contributed by atoms with Gasteiger partial charge in [-0.3, -0.25) is 14.8 Å². The number of hydrogen-bond acceptors (Lipinski definition) is 3. The van der Waals surface area contributed by atoms with Gasteiger partial charge in [0.1, 0.15) is 0 Å². The zero-order valence-electron chi connectivity index (χ0n) is 10.8. The van der Waals surface area contributed by atoms with E-state index in [1.165, 1.54) is 0 Å². The number of rotatable bonds is 4. The molecule has 2 rings (SSSR count). The summed E-state index contributed by atoms with van der Waals surface area (Å²) in [5, 5.41) is 18.4. The topological polar surface area (TPSA) is 96.2 Å². The van der Waals surface area contributed by atoms with E-state index in [2.05, 4.69) is 15.7 Å². The van der Waals surface area contributed by atoms with Gasteiger partial charge in [0.05, 0.1) is 12.0 Å². The number of nitrogens with zero attached hydrogens (tertiary/aromatic N) is 2. The molecule has 7 nitrogen and oxygen atoms in total. The minimum absolute atomic E-state index is 0.0390. The van der Waals surface area contributed by atoms with Crippen LogP contribution in [0, 0.1) is 0 Å². The molecule has 1 aliphatic carbocycles. The second kappa shape index (κ2) is 5.29. The van der Waals surface area contributed by atoms with Crippen molar-refractivity contribution in [3.8, 4) is 0 Å². The van der Waals surface area contributed by atoms with E-state index in [-0.39, 0.29) is 6.42 Å². The lowest BCUT2D eigenvalue weighted by molar-refractivity contribution is -0.138. The van der Waals surface area contributed by atoms with Crippen molar-refractivity contribution in [1.29, 1.82) is 0 Å².